The van der Waals surface area contributed by atoms with Crippen molar-refractivity contribution in [2.75, 3.05) is 13.2 Å². The SMILES string of the molecule is CC[Si](CC)(CC)OCC[C@@H]1C(=O)CO[C@H]1C[Si](C)(C)c1ccccc1. The van der Waals surface area contributed by atoms with Crippen LogP contribution in [-0.4, -0.2) is 41.5 Å². The molecule has 0 saturated carbocycles. The van der Waals surface area contributed by atoms with E-state index in [4.69, 9.17) is 9.16 Å². The summed E-state index contributed by atoms with van der Waals surface area (Å²) in [4.78, 5) is 12.4. The Kier molecular flexibility index (Phi) is 7.82. The van der Waals surface area contributed by atoms with Crippen LogP contribution in [0.25, 0.3) is 0 Å². The van der Waals surface area contributed by atoms with Crippen LogP contribution in [-0.2, 0) is 14.0 Å². The number of benzene rings is 1. The average Bonchev–Trinajstić information content (AvgIpc) is 2.99. The van der Waals surface area contributed by atoms with Crippen LogP contribution < -0.4 is 5.19 Å². The second-order valence-electron chi connectivity index (χ2n) is 8.26. The molecule has 2 atom stereocenters. The van der Waals surface area contributed by atoms with Crippen LogP contribution in [0.5, 0.6) is 0 Å². The van der Waals surface area contributed by atoms with Crippen LogP contribution in [0.2, 0.25) is 37.3 Å². The molecule has 1 aromatic carbocycles. The van der Waals surface area contributed by atoms with E-state index >= 15 is 0 Å². The summed E-state index contributed by atoms with van der Waals surface area (Å²) in [6.45, 7) is 12.5. The molecule has 2 rings (SSSR count). The Morgan fingerprint density at radius 3 is 2.27 bits per heavy atom. The monoisotopic (exact) mass is 392 g/mol. The van der Waals surface area contributed by atoms with Crippen molar-refractivity contribution in [3.05, 3.63) is 30.3 Å². The highest BCUT2D eigenvalue weighted by atomic mass is 28.4. The van der Waals surface area contributed by atoms with Gasteiger partial charge in [0.05, 0.1) is 14.2 Å². The molecule has 0 bridgehead atoms. The van der Waals surface area contributed by atoms with Crippen LogP contribution in [0.3, 0.4) is 0 Å². The second-order valence-corrected chi connectivity index (χ2v) is 17.8. The van der Waals surface area contributed by atoms with Gasteiger partial charge in [0.1, 0.15) is 6.61 Å². The van der Waals surface area contributed by atoms with Crippen molar-refractivity contribution in [3.8, 4) is 0 Å². The largest absolute Gasteiger partial charge is 0.417 e. The maximum atomic E-state index is 12.4. The molecular weight excluding hydrogens is 356 g/mol. The fourth-order valence-corrected chi connectivity index (χ4v) is 9.54. The summed E-state index contributed by atoms with van der Waals surface area (Å²) in [5.74, 6) is 0.288. The second kappa shape index (κ2) is 9.44. The molecule has 26 heavy (non-hydrogen) atoms. The van der Waals surface area contributed by atoms with E-state index in [1.165, 1.54) is 5.19 Å². The number of hydrogen-bond acceptors (Lipinski definition) is 3. The molecule has 3 nitrogen and oxygen atoms in total. The van der Waals surface area contributed by atoms with Gasteiger partial charge in [-0.2, -0.15) is 0 Å². The number of rotatable bonds is 10. The predicted molar refractivity (Wildman–Crippen MR) is 114 cm³/mol. The molecule has 0 radical (unpaired) electrons. The fraction of sp³-hybridized carbons (Fsp3) is 0.667. The van der Waals surface area contributed by atoms with Crippen LogP contribution >= 0.6 is 0 Å². The summed E-state index contributed by atoms with van der Waals surface area (Å²) in [7, 11) is -3.20. The molecule has 0 N–H and O–H groups in total. The van der Waals surface area contributed by atoms with E-state index < -0.39 is 16.4 Å². The summed E-state index contributed by atoms with van der Waals surface area (Å²) in [6, 6.07) is 15.2. The van der Waals surface area contributed by atoms with Gasteiger partial charge in [-0.1, -0.05) is 69.4 Å². The summed E-state index contributed by atoms with van der Waals surface area (Å²) >= 11 is 0. The van der Waals surface area contributed by atoms with Crippen LogP contribution in [0.4, 0.5) is 0 Å². The molecule has 1 saturated heterocycles. The van der Waals surface area contributed by atoms with Gasteiger partial charge in [-0.25, -0.2) is 0 Å². The van der Waals surface area contributed by atoms with Crippen molar-refractivity contribution in [1.29, 1.82) is 0 Å². The molecule has 5 heteroatoms. The van der Waals surface area contributed by atoms with Gasteiger partial charge in [-0.3, -0.25) is 4.79 Å². The standard InChI is InChI=1S/C21H36O3Si2/c1-6-26(7-2,8-3)24-15-14-19-20(22)16-23-21(19)17-25(4,5)18-12-10-9-11-13-18/h9-13,19,21H,6-8,14-17H2,1-5H3/t19-,21+/m1/s1. The van der Waals surface area contributed by atoms with E-state index in [0.717, 1.165) is 30.6 Å². The number of carbonyl (C=O) groups excluding carboxylic acids is 1. The van der Waals surface area contributed by atoms with Gasteiger partial charge in [0, 0.05) is 12.5 Å². The van der Waals surface area contributed by atoms with Crippen LogP contribution in [0.1, 0.15) is 27.2 Å². The molecule has 0 amide bonds. The van der Waals surface area contributed by atoms with Crippen molar-refractivity contribution >= 4 is 27.4 Å². The van der Waals surface area contributed by atoms with E-state index in [-0.39, 0.29) is 24.4 Å². The Morgan fingerprint density at radius 2 is 1.69 bits per heavy atom. The molecule has 1 fully saturated rings. The van der Waals surface area contributed by atoms with Crippen molar-refractivity contribution in [1.82, 2.24) is 0 Å². The van der Waals surface area contributed by atoms with Crippen molar-refractivity contribution < 1.29 is 14.0 Å². The Hall–Kier alpha value is -0.756. The third-order valence-corrected chi connectivity index (χ3v) is 14.3. The molecule has 0 spiro atoms. The van der Waals surface area contributed by atoms with Crippen molar-refractivity contribution in [2.24, 2.45) is 5.92 Å². The first-order valence-corrected chi connectivity index (χ1v) is 15.9. The van der Waals surface area contributed by atoms with E-state index in [1.54, 1.807) is 0 Å². The fourth-order valence-electron chi connectivity index (χ4n) is 4.14. The van der Waals surface area contributed by atoms with Gasteiger partial charge in [0.15, 0.2) is 14.1 Å². The lowest BCUT2D eigenvalue weighted by molar-refractivity contribution is -0.120. The first kappa shape index (κ1) is 21.5. The molecule has 1 aliphatic heterocycles. The van der Waals surface area contributed by atoms with Crippen molar-refractivity contribution in [2.45, 2.75) is 70.6 Å². The lowest BCUT2D eigenvalue weighted by Gasteiger charge is -2.30. The van der Waals surface area contributed by atoms with E-state index in [9.17, 15) is 4.79 Å². The van der Waals surface area contributed by atoms with E-state index in [2.05, 4.69) is 64.2 Å². The highest BCUT2D eigenvalue weighted by molar-refractivity contribution is 6.89. The van der Waals surface area contributed by atoms with E-state index in [1.807, 2.05) is 0 Å². The Morgan fingerprint density at radius 1 is 1.08 bits per heavy atom. The predicted octanol–water partition coefficient (Wildman–Crippen LogP) is 4.60. The third kappa shape index (κ3) is 5.15. The summed E-state index contributed by atoms with van der Waals surface area (Å²) in [5, 5.41) is 1.44. The smallest absolute Gasteiger partial charge is 0.191 e. The van der Waals surface area contributed by atoms with Gasteiger partial charge in [0.25, 0.3) is 0 Å². The average molecular weight is 393 g/mol. The van der Waals surface area contributed by atoms with Crippen molar-refractivity contribution in [3.63, 3.8) is 0 Å². The number of carbonyl (C=O) groups is 1. The van der Waals surface area contributed by atoms with Crippen LogP contribution in [0, 0.1) is 5.92 Å². The van der Waals surface area contributed by atoms with Gasteiger partial charge < -0.3 is 9.16 Å². The summed E-state index contributed by atoms with van der Waals surface area (Å²) in [6.07, 6.45) is 0.881. The Balaban J connectivity index is 1.98. The molecule has 0 unspecified atom stereocenters. The van der Waals surface area contributed by atoms with Gasteiger partial charge in [0.2, 0.25) is 0 Å². The molecule has 1 heterocycles. The molecule has 1 aliphatic rings. The minimum absolute atomic E-state index is 0.0164. The van der Waals surface area contributed by atoms with Gasteiger partial charge in [-0.05, 0) is 30.6 Å². The molecule has 1 aromatic rings. The van der Waals surface area contributed by atoms with Gasteiger partial charge >= 0.3 is 0 Å². The lowest BCUT2D eigenvalue weighted by Crippen LogP contribution is -2.45. The minimum atomic E-state index is -1.62. The Labute approximate surface area is 161 Å². The quantitative estimate of drug-likeness (QED) is 0.546. The molecule has 0 aliphatic carbocycles. The number of Topliss-reactive ketones (excluding diaryl/α,β-unsaturated/α-hetero) is 1. The molecule has 0 aromatic heterocycles. The lowest BCUT2D eigenvalue weighted by atomic mass is 9.98. The zero-order chi connectivity index (χ0) is 19.2. The summed E-state index contributed by atoms with van der Waals surface area (Å²) in [5.41, 5.74) is 0. The normalized spacial score (nSPS) is 21.3. The maximum absolute atomic E-state index is 12.4. The zero-order valence-corrected chi connectivity index (χ0v) is 19.2. The van der Waals surface area contributed by atoms with Crippen LogP contribution in [0.15, 0.2) is 30.3 Å². The molecule has 146 valence electrons. The minimum Gasteiger partial charge on any atom is -0.417 e. The highest BCUT2D eigenvalue weighted by Gasteiger charge is 2.40. The molecular formula is C21H36O3Si2. The number of ether oxygens (including phenoxy) is 1. The topological polar surface area (TPSA) is 35.5 Å². The van der Waals surface area contributed by atoms with E-state index in [0.29, 0.717) is 6.61 Å². The first-order chi connectivity index (χ1) is 12.4. The van der Waals surface area contributed by atoms with Gasteiger partial charge in [-0.15, -0.1) is 0 Å². The Bertz CT molecular complexity index is 562. The summed E-state index contributed by atoms with van der Waals surface area (Å²) < 4.78 is 12.3. The number of hydrogen-bond donors (Lipinski definition) is 0. The first-order valence-electron chi connectivity index (χ1n) is 10.2. The third-order valence-electron chi connectivity index (χ3n) is 6.34. The zero-order valence-electron chi connectivity index (χ0n) is 17.2. The highest BCUT2D eigenvalue weighted by Crippen LogP contribution is 2.30. The maximum Gasteiger partial charge on any atom is 0.191 e. The number of ketones is 1.